The van der Waals surface area contributed by atoms with Gasteiger partial charge in [0, 0.05) is 5.75 Å². The van der Waals surface area contributed by atoms with Crippen LogP contribution in [0.25, 0.3) is 0 Å². The van der Waals surface area contributed by atoms with Gasteiger partial charge in [0.1, 0.15) is 11.4 Å². The van der Waals surface area contributed by atoms with Crippen molar-refractivity contribution in [2.24, 2.45) is 5.92 Å². The highest BCUT2D eigenvalue weighted by molar-refractivity contribution is 8.01. The highest BCUT2D eigenvalue weighted by Crippen LogP contribution is 2.43. The number of ether oxygens (including phenoxy) is 1. The van der Waals surface area contributed by atoms with Crippen LogP contribution in [0.4, 0.5) is 0 Å². The Bertz CT molecular complexity index is 462. The molecule has 1 atom stereocenters. The molecule has 1 aromatic rings. The quantitative estimate of drug-likeness (QED) is 0.586. The molecule has 1 N–H and O–H groups in total. The SMILES string of the molecule is CCNC(CSc1nc(C)ns1)(C(=O)OCC)C1CC1. The fourth-order valence-electron chi connectivity index (χ4n) is 2.27. The Morgan fingerprint density at radius 3 is 2.80 bits per heavy atom. The number of likely N-dealkylation sites (N-methyl/N-ethyl adjacent to an activating group) is 1. The van der Waals surface area contributed by atoms with Gasteiger partial charge >= 0.3 is 5.97 Å². The van der Waals surface area contributed by atoms with E-state index >= 15 is 0 Å². The first-order valence-corrected chi connectivity index (χ1v) is 8.73. The maximum Gasteiger partial charge on any atom is 0.327 e. The zero-order valence-corrected chi connectivity index (χ0v) is 13.8. The van der Waals surface area contributed by atoms with E-state index in [9.17, 15) is 4.79 Å². The molecule has 0 aromatic carbocycles. The summed E-state index contributed by atoms with van der Waals surface area (Å²) in [7, 11) is 0. The molecule has 0 spiro atoms. The van der Waals surface area contributed by atoms with E-state index in [1.807, 2.05) is 20.8 Å². The lowest BCUT2D eigenvalue weighted by atomic mass is 9.95. The molecule has 0 amide bonds. The third-order valence-electron chi connectivity index (χ3n) is 3.34. The molecule has 0 aliphatic heterocycles. The molecule has 2 rings (SSSR count). The second-order valence-electron chi connectivity index (χ2n) is 4.89. The summed E-state index contributed by atoms with van der Waals surface area (Å²) in [5.41, 5.74) is -0.574. The van der Waals surface area contributed by atoms with Gasteiger partial charge in [-0.1, -0.05) is 18.7 Å². The number of nitrogens with one attached hydrogen (secondary N) is 1. The topological polar surface area (TPSA) is 64.1 Å². The standard InChI is InChI=1S/C13H21N3O2S2/c1-4-14-13(10-6-7-10,11(17)18-5-2)8-19-12-15-9(3)16-20-12/h10,14H,4-8H2,1-3H3. The lowest BCUT2D eigenvalue weighted by Crippen LogP contribution is -2.57. The van der Waals surface area contributed by atoms with Gasteiger partial charge in [-0.05, 0) is 50.7 Å². The number of carbonyl (C=O) groups excluding carboxylic acids is 1. The van der Waals surface area contributed by atoms with E-state index in [-0.39, 0.29) is 5.97 Å². The minimum absolute atomic E-state index is 0.127. The number of thioether (sulfide) groups is 1. The van der Waals surface area contributed by atoms with E-state index < -0.39 is 5.54 Å². The second kappa shape index (κ2) is 6.87. The van der Waals surface area contributed by atoms with Crippen molar-refractivity contribution >= 4 is 29.3 Å². The largest absolute Gasteiger partial charge is 0.465 e. The predicted octanol–water partition coefficient (Wildman–Crippen LogP) is 2.26. The number of rotatable bonds is 8. The van der Waals surface area contributed by atoms with Crippen LogP contribution < -0.4 is 5.32 Å². The van der Waals surface area contributed by atoms with Crippen molar-refractivity contribution in [1.29, 1.82) is 0 Å². The molecule has 20 heavy (non-hydrogen) atoms. The van der Waals surface area contributed by atoms with Gasteiger partial charge in [-0.25, -0.2) is 4.98 Å². The first-order chi connectivity index (χ1) is 9.62. The summed E-state index contributed by atoms with van der Waals surface area (Å²) in [5.74, 6) is 1.69. The number of esters is 1. The third-order valence-corrected chi connectivity index (χ3v) is 5.46. The Hall–Kier alpha value is -0.660. The Morgan fingerprint density at radius 2 is 2.30 bits per heavy atom. The summed E-state index contributed by atoms with van der Waals surface area (Å²) in [6.07, 6.45) is 2.17. The van der Waals surface area contributed by atoms with Gasteiger partial charge < -0.3 is 10.1 Å². The number of nitrogens with zero attached hydrogens (tertiary/aromatic N) is 2. The molecule has 1 heterocycles. The minimum Gasteiger partial charge on any atom is -0.465 e. The normalized spacial score (nSPS) is 17.8. The van der Waals surface area contributed by atoms with Gasteiger partial charge in [-0.15, -0.1) is 0 Å². The summed E-state index contributed by atoms with van der Waals surface area (Å²) in [6.45, 7) is 6.93. The van der Waals surface area contributed by atoms with Crippen molar-refractivity contribution in [3.8, 4) is 0 Å². The van der Waals surface area contributed by atoms with Crippen molar-refractivity contribution in [2.45, 2.75) is 43.5 Å². The highest BCUT2D eigenvalue weighted by atomic mass is 32.2. The zero-order valence-electron chi connectivity index (χ0n) is 12.1. The number of carbonyl (C=O) groups is 1. The summed E-state index contributed by atoms with van der Waals surface area (Å²) in [4.78, 5) is 16.8. The summed E-state index contributed by atoms with van der Waals surface area (Å²) in [6, 6.07) is 0. The van der Waals surface area contributed by atoms with Gasteiger partial charge in [-0.2, -0.15) is 4.37 Å². The second-order valence-corrected chi connectivity index (χ2v) is 6.87. The van der Waals surface area contributed by atoms with Crippen molar-refractivity contribution in [2.75, 3.05) is 18.9 Å². The molecule has 7 heteroatoms. The lowest BCUT2D eigenvalue weighted by Gasteiger charge is -2.31. The van der Waals surface area contributed by atoms with Crippen LogP contribution >= 0.6 is 23.3 Å². The maximum atomic E-state index is 12.4. The van der Waals surface area contributed by atoms with Crippen molar-refractivity contribution in [3.05, 3.63) is 5.82 Å². The molecule has 1 aliphatic carbocycles. The van der Waals surface area contributed by atoms with Crippen LogP contribution in [0.2, 0.25) is 0 Å². The zero-order chi connectivity index (χ0) is 14.6. The number of aromatic nitrogens is 2. The van der Waals surface area contributed by atoms with E-state index in [1.54, 1.807) is 11.8 Å². The van der Waals surface area contributed by atoms with Crippen molar-refractivity contribution in [3.63, 3.8) is 0 Å². The molecule has 0 bridgehead atoms. The number of hydrogen-bond donors (Lipinski definition) is 1. The fraction of sp³-hybridized carbons (Fsp3) is 0.769. The third kappa shape index (κ3) is 3.51. The summed E-state index contributed by atoms with van der Waals surface area (Å²) < 4.78 is 10.4. The number of hydrogen-bond acceptors (Lipinski definition) is 7. The molecule has 0 radical (unpaired) electrons. The molecule has 1 fully saturated rings. The minimum atomic E-state index is -0.574. The van der Waals surface area contributed by atoms with Crippen LogP contribution in [0, 0.1) is 12.8 Å². The monoisotopic (exact) mass is 315 g/mol. The van der Waals surface area contributed by atoms with Crippen LogP contribution in [0.5, 0.6) is 0 Å². The van der Waals surface area contributed by atoms with E-state index in [0.717, 1.165) is 29.6 Å². The average Bonchev–Trinajstić information content (AvgIpc) is 3.18. The Labute approximate surface area is 128 Å². The molecule has 1 saturated carbocycles. The molecule has 1 unspecified atom stereocenters. The highest BCUT2D eigenvalue weighted by Gasteiger charge is 2.51. The Morgan fingerprint density at radius 1 is 1.55 bits per heavy atom. The summed E-state index contributed by atoms with van der Waals surface area (Å²) >= 11 is 2.98. The number of aryl methyl sites for hydroxylation is 1. The average molecular weight is 315 g/mol. The summed E-state index contributed by atoms with van der Waals surface area (Å²) in [5, 5.41) is 3.38. The first kappa shape index (κ1) is 15.7. The van der Waals surface area contributed by atoms with E-state index in [1.165, 1.54) is 11.5 Å². The molecule has 1 aromatic heterocycles. The fourth-order valence-corrected chi connectivity index (χ4v) is 4.20. The van der Waals surface area contributed by atoms with Crippen molar-refractivity contribution in [1.82, 2.24) is 14.7 Å². The van der Waals surface area contributed by atoms with Gasteiger partial charge in [0.05, 0.1) is 6.61 Å². The van der Waals surface area contributed by atoms with Gasteiger partial charge in [0.15, 0.2) is 4.34 Å². The van der Waals surface area contributed by atoms with E-state index in [4.69, 9.17) is 4.74 Å². The van der Waals surface area contributed by atoms with Gasteiger partial charge in [0.2, 0.25) is 0 Å². The van der Waals surface area contributed by atoms with Crippen LogP contribution in [0.3, 0.4) is 0 Å². The van der Waals surface area contributed by atoms with Crippen LogP contribution in [-0.4, -0.2) is 39.8 Å². The smallest absolute Gasteiger partial charge is 0.327 e. The molecule has 1 aliphatic rings. The Balaban J connectivity index is 2.10. The molecular weight excluding hydrogens is 294 g/mol. The first-order valence-electron chi connectivity index (χ1n) is 6.97. The lowest BCUT2D eigenvalue weighted by molar-refractivity contribution is -0.151. The van der Waals surface area contributed by atoms with E-state index in [2.05, 4.69) is 14.7 Å². The van der Waals surface area contributed by atoms with Gasteiger partial charge in [-0.3, -0.25) is 4.79 Å². The Kier molecular flexibility index (Phi) is 5.40. The molecule has 0 saturated heterocycles. The van der Waals surface area contributed by atoms with Crippen LogP contribution in [-0.2, 0) is 9.53 Å². The van der Waals surface area contributed by atoms with Crippen LogP contribution in [0.1, 0.15) is 32.5 Å². The van der Waals surface area contributed by atoms with Gasteiger partial charge in [0.25, 0.3) is 0 Å². The molecular formula is C13H21N3O2S2. The van der Waals surface area contributed by atoms with E-state index in [0.29, 0.717) is 18.3 Å². The van der Waals surface area contributed by atoms with Crippen molar-refractivity contribution < 1.29 is 9.53 Å². The maximum absolute atomic E-state index is 12.4. The van der Waals surface area contributed by atoms with Crippen LogP contribution in [0.15, 0.2) is 4.34 Å². The molecule has 112 valence electrons. The molecule has 5 nitrogen and oxygen atoms in total. The predicted molar refractivity (Wildman–Crippen MR) is 81.1 cm³/mol.